The lowest BCUT2D eigenvalue weighted by atomic mass is 10.1. The molecule has 3 rings (SSSR count). The van der Waals surface area contributed by atoms with Crippen LogP contribution in [0.1, 0.15) is 17.2 Å². The van der Waals surface area contributed by atoms with Gasteiger partial charge in [-0.05, 0) is 24.6 Å². The molecule has 1 atom stereocenters. The molecule has 0 fully saturated rings. The largest absolute Gasteiger partial charge is 0.386 e. The quantitative estimate of drug-likeness (QED) is 0.789. The standard InChI is InChI=1S/C16H17N3O/c1-13-4-6-14(7-5-13)16(20)12-19-11-15(10-17-19)18-8-2-3-9-18/h2-11,16,20H,12H2,1H3. The van der Waals surface area contributed by atoms with E-state index >= 15 is 0 Å². The summed E-state index contributed by atoms with van der Waals surface area (Å²) in [4.78, 5) is 0. The molecule has 4 nitrogen and oxygen atoms in total. The zero-order valence-electron chi connectivity index (χ0n) is 11.3. The molecular weight excluding hydrogens is 250 g/mol. The highest BCUT2D eigenvalue weighted by Gasteiger charge is 2.09. The Hall–Kier alpha value is -2.33. The van der Waals surface area contributed by atoms with Gasteiger partial charge in [0.15, 0.2) is 0 Å². The van der Waals surface area contributed by atoms with Gasteiger partial charge in [0.25, 0.3) is 0 Å². The zero-order chi connectivity index (χ0) is 13.9. The Morgan fingerprint density at radius 2 is 1.85 bits per heavy atom. The second-order valence-corrected chi connectivity index (χ2v) is 4.94. The number of aliphatic hydroxyl groups is 1. The maximum absolute atomic E-state index is 10.2. The topological polar surface area (TPSA) is 43.0 Å². The first-order chi connectivity index (χ1) is 9.72. The molecule has 102 valence electrons. The first-order valence-corrected chi connectivity index (χ1v) is 6.63. The summed E-state index contributed by atoms with van der Waals surface area (Å²) in [5.41, 5.74) is 3.09. The van der Waals surface area contributed by atoms with E-state index in [9.17, 15) is 5.11 Å². The second-order valence-electron chi connectivity index (χ2n) is 4.94. The van der Waals surface area contributed by atoms with Crippen molar-refractivity contribution in [3.63, 3.8) is 0 Å². The van der Waals surface area contributed by atoms with Crippen molar-refractivity contribution in [3.05, 3.63) is 72.3 Å². The van der Waals surface area contributed by atoms with Crippen molar-refractivity contribution in [3.8, 4) is 5.69 Å². The maximum atomic E-state index is 10.2. The van der Waals surface area contributed by atoms with Crippen LogP contribution in [0.25, 0.3) is 5.69 Å². The van der Waals surface area contributed by atoms with Crippen LogP contribution < -0.4 is 0 Å². The van der Waals surface area contributed by atoms with Gasteiger partial charge in [-0.2, -0.15) is 5.10 Å². The van der Waals surface area contributed by atoms with Gasteiger partial charge in [-0.3, -0.25) is 4.68 Å². The first-order valence-electron chi connectivity index (χ1n) is 6.63. The second kappa shape index (κ2) is 5.35. The summed E-state index contributed by atoms with van der Waals surface area (Å²) in [6, 6.07) is 11.9. The van der Waals surface area contributed by atoms with E-state index in [1.807, 2.05) is 66.5 Å². The lowest BCUT2D eigenvalue weighted by Gasteiger charge is -2.11. The number of hydrogen-bond donors (Lipinski definition) is 1. The third-order valence-electron chi connectivity index (χ3n) is 3.34. The lowest BCUT2D eigenvalue weighted by molar-refractivity contribution is 0.151. The molecule has 0 saturated carbocycles. The minimum Gasteiger partial charge on any atom is -0.386 e. The van der Waals surface area contributed by atoms with Gasteiger partial charge in [-0.1, -0.05) is 29.8 Å². The third kappa shape index (κ3) is 2.65. The van der Waals surface area contributed by atoms with Crippen molar-refractivity contribution in [2.75, 3.05) is 0 Å². The fourth-order valence-electron chi connectivity index (χ4n) is 2.16. The van der Waals surface area contributed by atoms with Crippen LogP contribution in [-0.2, 0) is 6.54 Å². The van der Waals surface area contributed by atoms with Crippen LogP contribution in [0.15, 0.2) is 61.2 Å². The molecule has 3 aromatic rings. The summed E-state index contributed by atoms with van der Waals surface area (Å²) >= 11 is 0. The maximum Gasteiger partial charge on any atom is 0.0985 e. The van der Waals surface area contributed by atoms with E-state index in [2.05, 4.69) is 5.10 Å². The summed E-state index contributed by atoms with van der Waals surface area (Å²) in [5, 5.41) is 14.5. The van der Waals surface area contributed by atoms with Crippen LogP contribution in [-0.4, -0.2) is 19.5 Å². The molecule has 2 aromatic heterocycles. The van der Waals surface area contributed by atoms with Crippen LogP contribution in [0.3, 0.4) is 0 Å². The number of benzene rings is 1. The third-order valence-corrected chi connectivity index (χ3v) is 3.34. The van der Waals surface area contributed by atoms with E-state index in [-0.39, 0.29) is 0 Å². The normalized spacial score (nSPS) is 12.5. The van der Waals surface area contributed by atoms with Gasteiger partial charge >= 0.3 is 0 Å². The molecular formula is C16H17N3O. The monoisotopic (exact) mass is 267 g/mol. The van der Waals surface area contributed by atoms with Gasteiger partial charge in [-0.25, -0.2) is 0 Å². The van der Waals surface area contributed by atoms with Gasteiger partial charge < -0.3 is 9.67 Å². The summed E-state index contributed by atoms with van der Waals surface area (Å²) in [6.45, 7) is 2.48. The van der Waals surface area contributed by atoms with Crippen molar-refractivity contribution >= 4 is 0 Å². The highest BCUT2D eigenvalue weighted by Crippen LogP contribution is 2.16. The molecule has 0 aliphatic heterocycles. The molecule has 0 bridgehead atoms. The van der Waals surface area contributed by atoms with Crippen molar-refractivity contribution in [2.24, 2.45) is 0 Å². The summed E-state index contributed by atoms with van der Waals surface area (Å²) in [7, 11) is 0. The van der Waals surface area contributed by atoms with E-state index in [0.717, 1.165) is 11.3 Å². The molecule has 4 heteroatoms. The Morgan fingerprint density at radius 3 is 2.55 bits per heavy atom. The van der Waals surface area contributed by atoms with Crippen LogP contribution in [0, 0.1) is 6.92 Å². The molecule has 0 spiro atoms. The molecule has 0 aliphatic carbocycles. The average molecular weight is 267 g/mol. The molecule has 1 unspecified atom stereocenters. The Morgan fingerprint density at radius 1 is 1.15 bits per heavy atom. The molecule has 0 amide bonds. The Labute approximate surface area is 117 Å². The number of aromatic nitrogens is 3. The number of nitrogens with zero attached hydrogens (tertiary/aromatic N) is 3. The van der Waals surface area contributed by atoms with E-state index < -0.39 is 6.10 Å². The summed E-state index contributed by atoms with van der Waals surface area (Å²) in [5.74, 6) is 0. The molecule has 0 aliphatic rings. The number of aliphatic hydroxyl groups excluding tert-OH is 1. The predicted octanol–water partition coefficient (Wildman–Crippen LogP) is 2.72. The Bertz CT molecular complexity index is 668. The number of hydrogen-bond acceptors (Lipinski definition) is 2. The SMILES string of the molecule is Cc1ccc(C(O)Cn2cc(-n3cccc3)cn2)cc1. The van der Waals surface area contributed by atoms with Gasteiger partial charge in [0.1, 0.15) is 0 Å². The van der Waals surface area contributed by atoms with Crippen molar-refractivity contribution in [2.45, 2.75) is 19.6 Å². The smallest absolute Gasteiger partial charge is 0.0985 e. The highest BCUT2D eigenvalue weighted by atomic mass is 16.3. The Kier molecular flexibility index (Phi) is 3.39. The molecule has 20 heavy (non-hydrogen) atoms. The Balaban J connectivity index is 1.73. The van der Waals surface area contributed by atoms with Crippen molar-refractivity contribution < 1.29 is 5.11 Å². The van der Waals surface area contributed by atoms with Gasteiger partial charge in [0.2, 0.25) is 0 Å². The van der Waals surface area contributed by atoms with Crippen LogP contribution in [0.5, 0.6) is 0 Å². The van der Waals surface area contributed by atoms with E-state index in [4.69, 9.17) is 0 Å². The average Bonchev–Trinajstić information content (AvgIpc) is 3.09. The van der Waals surface area contributed by atoms with E-state index in [0.29, 0.717) is 6.54 Å². The molecule has 2 heterocycles. The lowest BCUT2D eigenvalue weighted by Crippen LogP contribution is -2.09. The zero-order valence-corrected chi connectivity index (χ0v) is 11.3. The molecule has 0 radical (unpaired) electrons. The van der Waals surface area contributed by atoms with Gasteiger partial charge in [-0.15, -0.1) is 0 Å². The first kappa shape index (κ1) is 12.7. The van der Waals surface area contributed by atoms with Crippen molar-refractivity contribution in [1.29, 1.82) is 0 Å². The van der Waals surface area contributed by atoms with Crippen LogP contribution in [0.4, 0.5) is 0 Å². The van der Waals surface area contributed by atoms with Gasteiger partial charge in [0.05, 0.1) is 24.5 Å². The fourth-order valence-corrected chi connectivity index (χ4v) is 2.16. The summed E-state index contributed by atoms with van der Waals surface area (Å²) in [6.07, 6.45) is 7.11. The van der Waals surface area contributed by atoms with Crippen LogP contribution in [0.2, 0.25) is 0 Å². The number of aryl methyl sites for hydroxylation is 1. The summed E-state index contributed by atoms with van der Waals surface area (Å²) < 4.78 is 3.75. The minimum absolute atomic E-state index is 0.449. The van der Waals surface area contributed by atoms with Gasteiger partial charge in [0, 0.05) is 18.6 Å². The number of rotatable bonds is 4. The van der Waals surface area contributed by atoms with E-state index in [1.165, 1.54) is 5.56 Å². The van der Waals surface area contributed by atoms with Crippen molar-refractivity contribution in [1.82, 2.24) is 14.3 Å². The molecule has 1 aromatic carbocycles. The van der Waals surface area contributed by atoms with E-state index in [1.54, 1.807) is 10.9 Å². The minimum atomic E-state index is -0.548. The predicted molar refractivity (Wildman–Crippen MR) is 77.7 cm³/mol. The highest BCUT2D eigenvalue weighted by molar-refractivity contribution is 5.27. The molecule has 0 saturated heterocycles. The van der Waals surface area contributed by atoms with Crippen LogP contribution >= 0.6 is 0 Å². The molecule has 1 N–H and O–H groups in total. The fraction of sp³-hybridized carbons (Fsp3) is 0.188.